The Bertz CT molecular complexity index is 585. The van der Waals surface area contributed by atoms with Gasteiger partial charge >= 0.3 is 0 Å². The van der Waals surface area contributed by atoms with Gasteiger partial charge in [-0.2, -0.15) is 0 Å². The molecule has 2 aliphatic rings. The number of nitrogens with one attached hydrogen (secondary N) is 2. The monoisotopic (exact) mass is 311 g/mol. The first-order valence-corrected chi connectivity index (χ1v) is 8.89. The fraction of sp³-hybridized carbons (Fsp3) is 0.692. The second kappa shape index (κ2) is 5.86. The molecule has 3 rings (SSSR count). The molecule has 1 atom stereocenters. The summed E-state index contributed by atoms with van der Waals surface area (Å²) in [6.07, 6.45) is 6.06. The van der Waals surface area contributed by atoms with Crippen LogP contribution in [0.3, 0.4) is 0 Å². The van der Waals surface area contributed by atoms with Crippen LogP contribution < -0.4 is 10.0 Å². The van der Waals surface area contributed by atoms with Gasteiger partial charge in [0.2, 0.25) is 16.0 Å². The minimum atomic E-state index is -3.53. The Morgan fingerprint density at radius 1 is 1.29 bits per heavy atom. The van der Waals surface area contributed by atoms with Crippen molar-refractivity contribution >= 4 is 16.0 Å². The maximum Gasteiger partial charge on any atom is 0.243 e. The lowest BCUT2D eigenvalue weighted by molar-refractivity contribution is 0.322. The average molecular weight is 311 g/mol. The SMILES string of the molecule is CCNc1ncc(S(=O)(=O)NC2CCN(C3CC3)C2)cn1. The van der Waals surface area contributed by atoms with Crippen molar-refractivity contribution in [1.82, 2.24) is 19.6 Å². The first kappa shape index (κ1) is 14.7. The second-order valence-electron chi connectivity index (χ2n) is 5.61. The third-order valence-electron chi connectivity index (χ3n) is 3.88. The lowest BCUT2D eigenvalue weighted by atomic mass is 10.3. The Hall–Kier alpha value is -1.25. The van der Waals surface area contributed by atoms with Gasteiger partial charge in [0.1, 0.15) is 4.90 Å². The number of anilines is 1. The third kappa shape index (κ3) is 3.50. The molecule has 1 saturated carbocycles. The quantitative estimate of drug-likeness (QED) is 0.792. The van der Waals surface area contributed by atoms with Crippen molar-refractivity contribution in [3.05, 3.63) is 12.4 Å². The summed E-state index contributed by atoms with van der Waals surface area (Å²) in [5.41, 5.74) is 0. The zero-order valence-corrected chi connectivity index (χ0v) is 12.9. The molecule has 21 heavy (non-hydrogen) atoms. The summed E-state index contributed by atoms with van der Waals surface area (Å²) in [5.74, 6) is 0.442. The number of likely N-dealkylation sites (tertiary alicyclic amines) is 1. The summed E-state index contributed by atoms with van der Waals surface area (Å²) < 4.78 is 27.4. The number of hydrogen-bond acceptors (Lipinski definition) is 6. The Morgan fingerprint density at radius 2 is 2.00 bits per heavy atom. The van der Waals surface area contributed by atoms with Crippen LogP contribution in [0.5, 0.6) is 0 Å². The van der Waals surface area contributed by atoms with Crippen LogP contribution >= 0.6 is 0 Å². The molecule has 116 valence electrons. The van der Waals surface area contributed by atoms with Gasteiger partial charge in [0, 0.05) is 31.7 Å². The maximum atomic E-state index is 12.3. The Morgan fingerprint density at radius 3 is 2.62 bits per heavy atom. The minimum Gasteiger partial charge on any atom is -0.355 e. The van der Waals surface area contributed by atoms with Crippen LogP contribution in [0.2, 0.25) is 0 Å². The standard InChI is InChI=1S/C13H21N5O2S/c1-2-14-13-15-7-12(8-16-13)21(19,20)17-10-5-6-18(9-10)11-3-4-11/h7-8,10-11,17H,2-6,9H2,1H3,(H,14,15,16). The number of rotatable bonds is 6. The minimum absolute atomic E-state index is 0.0101. The average Bonchev–Trinajstić information content (AvgIpc) is 3.21. The van der Waals surface area contributed by atoms with E-state index in [-0.39, 0.29) is 10.9 Å². The summed E-state index contributed by atoms with van der Waals surface area (Å²) in [5, 5.41) is 2.94. The Kier molecular flexibility index (Phi) is 4.10. The van der Waals surface area contributed by atoms with Gasteiger partial charge in [0.15, 0.2) is 0 Å². The lowest BCUT2D eigenvalue weighted by Crippen LogP contribution is -2.37. The number of nitrogens with zero attached hydrogens (tertiary/aromatic N) is 3. The van der Waals surface area contributed by atoms with Gasteiger partial charge in [-0.25, -0.2) is 23.1 Å². The molecule has 0 amide bonds. The molecule has 2 heterocycles. The van der Waals surface area contributed by atoms with E-state index in [1.807, 2.05) is 6.92 Å². The molecule has 1 aliphatic heterocycles. The molecule has 0 spiro atoms. The van der Waals surface area contributed by atoms with E-state index in [0.717, 1.165) is 19.5 Å². The lowest BCUT2D eigenvalue weighted by Gasteiger charge is -2.15. The largest absolute Gasteiger partial charge is 0.355 e. The molecule has 1 aromatic heterocycles. The predicted molar refractivity (Wildman–Crippen MR) is 79.5 cm³/mol. The van der Waals surface area contributed by atoms with Gasteiger partial charge in [0.05, 0.1) is 12.4 Å². The molecule has 1 unspecified atom stereocenters. The predicted octanol–water partition coefficient (Wildman–Crippen LogP) is 0.423. The first-order chi connectivity index (χ1) is 10.1. The summed E-state index contributed by atoms with van der Waals surface area (Å²) in [6, 6.07) is 0.672. The molecule has 7 nitrogen and oxygen atoms in total. The van der Waals surface area contributed by atoms with Crippen molar-refractivity contribution in [3.63, 3.8) is 0 Å². The molecule has 0 bridgehead atoms. The highest BCUT2D eigenvalue weighted by molar-refractivity contribution is 7.89. The number of aromatic nitrogens is 2. The Balaban J connectivity index is 1.63. The van der Waals surface area contributed by atoms with Crippen LogP contribution in [0.1, 0.15) is 26.2 Å². The molecular weight excluding hydrogens is 290 g/mol. The van der Waals surface area contributed by atoms with Crippen LogP contribution in [0, 0.1) is 0 Å². The van der Waals surface area contributed by atoms with Crippen molar-refractivity contribution in [1.29, 1.82) is 0 Å². The molecule has 0 radical (unpaired) electrons. The molecule has 1 saturated heterocycles. The van der Waals surface area contributed by atoms with Crippen LogP contribution in [0.4, 0.5) is 5.95 Å². The van der Waals surface area contributed by atoms with Gasteiger partial charge in [-0.1, -0.05) is 0 Å². The topological polar surface area (TPSA) is 87.2 Å². The van der Waals surface area contributed by atoms with E-state index < -0.39 is 10.0 Å². The molecule has 0 aromatic carbocycles. The van der Waals surface area contributed by atoms with Gasteiger partial charge in [-0.05, 0) is 26.2 Å². The summed E-state index contributed by atoms with van der Waals surface area (Å²) in [7, 11) is -3.53. The highest BCUT2D eigenvalue weighted by atomic mass is 32.2. The van der Waals surface area contributed by atoms with Crippen molar-refractivity contribution in [2.24, 2.45) is 0 Å². The van der Waals surface area contributed by atoms with E-state index in [0.29, 0.717) is 18.5 Å². The van der Waals surface area contributed by atoms with E-state index in [9.17, 15) is 8.42 Å². The van der Waals surface area contributed by atoms with Crippen molar-refractivity contribution < 1.29 is 8.42 Å². The number of hydrogen-bond donors (Lipinski definition) is 2. The molecule has 8 heteroatoms. The number of sulfonamides is 1. The van der Waals surface area contributed by atoms with Crippen molar-refractivity contribution in [3.8, 4) is 0 Å². The zero-order valence-electron chi connectivity index (χ0n) is 12.1. The van der Waals surface area contributed by atoms with Crippen LogP contribution in [0.25, 0.3) is 0 Å². The molecule has 2 fully saturated rings. The van der Waals surface area contributed by atoms with Gasteiger partial charge in [-0.3, -0.25) is 4.90 Å². The summed E-state index contributed by atoms with van der Waals surface area (Å²) >= 11 is 0. The highest BCUT2D eigenvalue weighted by Crippen LogP contribution is 2.30. The van der Waals surface area contributed by atoms with Gasteiger partial charge < -0.3 is 5.32 Å². The van der Waals surface area contributed by atoms with Gasteiger partial charge in [0.25, 0.3) is 0 Å². The van der Waals surface area contributed by atoms with Gasteiger partial charge in [-0.15, -0.1) is 0 Å². The third-order valence-corrected chi connectivity index (χ3v) is 5.35. The smallest absolute Gasteiger partial charge is 0.243 e. The molecule has 1 aliphatic carbocycles. The Labute approximate surface area is 125 Å². The fourth-order valence-corrected chi connectivity index (χ4v) is 3.80. The van der Waals surface area contributed by atoms with Crippen molar-refractivity contribution in [2.45, 2.75) is 43.2 Å². The zero-order chi connectivity index (χ0) is 14.9. The summed E-state index contributed by atoms with van der Waals surface area (Å²) in [6.45, 7) is 4.42. The van der Waals surface area contributed by atoms with E-state index >= 15 is 0 Å². The maximum absolute atomic E-state index is 12.3. The molecular formula is C13H21N5O2S. The molecule has 2 N–H and O–H groups in total. The van der Waals surface area contributed by atoms with Crippen LogP contribution in [-0.2, 0) is 10.0 Å². The highest BCUT2D eigenvalue weighted by Gasteiger charge is 2.35. The first-order valence-electron chi connectivity index (χ1n) is 7.41. The van der Waals surface area contributed by atoms with E-state index in [4.69, 9.17) is 0 Å². The summed E-state index contributed by atoms with van der Waals surface area (Å²) in [4.78, 5) is 10.5. The normalized spacial score (nSPS) is 23.4. The van der Waals surface area contributed by atoms with E-state index in [1.54, 1.807) is 0 Å². The van der Waals surface area contributed by atoms with E-state index in [1.165, 1.54) is 25.2 Å². The van der Waals surface area contributed by atoms with Crippen LogP contribution in [0.15, 0.2) is 17.3 Å². The van der Waals surface area contributed by atoms with Crippen LogP contribution in [-0.4, -0.2) is 55.0 Å². The molecule has 1 aromatic rings. The van der Waals surface area contributed by atoms with Crippen molar-refractivity contribution in [2.75, 3.05) is 25.0 Å². The second-order valence-corrected chi connectivity index (χ2v) is 7.32. The fourth-order valence-electron chi connectivity index (χ4n) is 2.65. The van der Waals surface area contributed by atoms with E-state index in [2.05, 4.69) is 24.9 Å².